The Morgan fingerprint density at radius 3 is 2.56 bits per heavy atom. The van der Waals surface area contributed by atoms with Gasteiger partial charge in [-0.1, -0.05) is 11.8 Å². The summed E-state index contributed by atoms with van der Waals surface area (Å²) < 4.78 is 1.82. The molecule has 3 N–H and O–H groups in total. The zero-order chi connectivity index (χ0) is 13.3. The van der Waals surface area contributed by atoms with Crippen LogP contribution < -0.4 is 5.73 Å². The van der Waals surface area contributed by atoms with Crippen molar-refractivity contribution in [2.24, 2.45) is 12.8 Å². The maximum absolute atomic E-state index is 7.48. The Labute approximate surface area is 110 Å². The average molecular weight is 261 g/mol. The monoisotopic (exact) mass is 261 g/mol. The largest absolute Gasteiger partial charge is 0.384 e. The fourth-order valence-electron chi connectivity index (χ4n) is 1.64. The van der Waals surface area contributed by atoms with E-state index in [1.807, 2.05) is 37.7 Å². The van der Waals surface area contributed by atoms with Gasteiger partial charge >= 0.3 is 0 Å². The van der Waals surface area contributed by atoms with Crippen LogP contribution in [0.1, 0.15) is 17.0 Å². The number of hydrogen-bond acceptors (Lipinski definition) is 4. The Hall–Kier alpha value is -1.82. The van der Waals surface area contributed by atoms with Gasteiger partial charge in [-0.3, -0.25) is 10.1 Å². The highest BCUT2D eigenvalue weighted by Gasteiger charge is 2.08. The molecule has 0 aromatic carbocycles. The Morgan fingerprint density at radius 1 is 1.28 bits per heavy atom. The Bertz CT molecular complexity index is 603. The van der Waals surface area contributed by atoms with E-state index in [-0.39, 0.29) is 5.84 Å². The van der Waals surface area contributed by atoms with Crippen molar-refractivity contribution in [3.05, 3.63) is 35.2 Å². The first-order valence-corrected chi connectivity index (χ1v) is 6.29. The molecule has 6 heteroatoms. The highest BCUT2D eigenvalue weighted by molar-refractivity contribution is 7.99. The summed E-state index contributed by atoms with van der Waals surface area (Å²) >= 11 is 1.52. The lowest BCUT2D eigenvalue weighted by Gasteiger charge is -2.05. The van der Waals surface area contributed by atoms with E-state index in [9.17, 15) is 0 Å². The van der Waals surface area contributed by atoms with E-state index >= 15 is 0 Å². The first-order valence-electron chi connectivity index (χ1n) is 5.47. The van der Waals surface area contributed by atoms with Crippen molar-refractivity contribution in [3.63, 3.8) is 0 Å². The van der Waals surface area contributed by atoms with Crippen LogP contribution in [0.15, 0.2) is 28.3 Å². The highest BCUT2D eigenvalue weighted by Crippen LogP contribution is 2.27. The molecule has 0 saturated heterocycles. The molecule has 2 rings (SSSR count). The van der Waals surface area contributed by atoms with Gasteiger partial charge in [-0.2, -0.15) is 5.10 Å². The van der Waals surface area contributed by atoms with Crippen molar-refractivity contribution in [1.29, 1.82) is 5.41 Å². The zero-order valence-electron chi connectivity index (χ0n) is 10.6. The first kappa shape index (κ1) is 12.6. The third-order valence-electron chi connectivity index (χ3n) is 2.41. The number of aromatic nitrogens is 3. The first-order chi connectivity index (χ1) is 8.45. The van der Waals surface area contributed by atoms with Gasteiger partial charge in [0.2, 0.25) is 0 Å². The molecule has 0 radical (unpaired) electrons. The summed E-state index contributed by atoms with van der Waals surface area (Å²) in [6.07, 6.45) is 0. The number of rotatable bonds is 3. The van der Waals surface area contributed by atoms with Gasteiger partial charge in [0.05, 0.1) is 5.69 Å². The van der Waals surface area contributed by atoms with Crippen molar-refractivity contribution < 1.29 is 0 Å². The van der Waals surface area contributed by atoms with Gasteiger partial charge in [0.15, 0.2) is 0 Å². The van der Waals surface area contributed by atoms with Gasteiger partial charge in [0.1, 0.15) is 15.9 Å². The summed E-state index contributed by atoms with van der Waals surface area (Å²) in [6.45, 7) is 3.85. The second-order valence-electron chi connectivity index (χ2n) is 4.10. The number of nitrogens with zero attached hydrogens (tertiary/aromatic N) is 3. The molecule has 0 spiro atoms. The lowest BCUT2D eigenvalue weighted by Crippen LogP contribution is -2.11. The van der Waals surface area contributed by atoms with Crippen molar-refractivity contribution in [3.8, 4) is 0 Å². The minimum atomic E-state index is 0.0588. The Morgan fingerprint density at radius 2 is 2.00 bits per heavy atom. The molecule has 94 valence electrons. The molecular formula is C12H15N5S. The van der Waals surface area contributed by atoms with Crippen LogP contribution in [0.3, 0.4) is 0 Å². The molecule has 0 saturated carbocycles. The van der Waals surface area contributed by atoms with E-state index in [1.165, 1.54) is 11.8 Å². The van der Waals surface area contributed by atoms with Crippen molar-refractivity contribution in [2.45, 2.75) is 23.9 Å². The molecule has 2 aromatic heterocycles. The van der Waals surface area contributed by atoms with Gasteiger partial charge < -0.3 is 5.73 Å². The van der Waals surface area contributed by atoms with E-state index in [4.69, 9.17) is 11.1 Å². The molecule has 0 atom stereocenters. The predicted molar refractivity (Wildman–Crippen MR) is 72.1 cm³/mol. The Balaban J connectivity index is 2.34. The maximum Gasteiger partial charge on any atom is 0.122 e. The van der Waals surface area contributed by atoms with Crippen LogP contribution in [-0.4, -0.2) is 20.6 Å². The van der Waals surface area contributed by atoms with Crippen LogP contribution in [0.4, 0.5) is 0 Å². The van der Waals surface area contributed by atoms with Crippen LogP contribution in [-0.2, 0) is 7.05 Å². The summed E-state index contributed by atoms with van der Waals surface area (Å²) in [4.78, 5) is 4.43. The number of nitrogens with two attached hydrogens (primary N) is 1. The SMILES string of the molecule is Cc1cc(C(=N)N)cc(Sc2cc(C)nn2C)n1. The van der Waals surface area contributed by atoms with E-state index < -0.39 is 0 Å². The quantitative estimate of drug-likeness (QED) is 0.653. The lowest BCUT2D eigenvalue weighted by molar-refractivity contribution is 0.692. The number of nitrogens with one attached hydrogen (secondary N) is 1. The molecule has 0 fully saturated rings. The molecule has 18 heavy (non-hydrogen) atoms. The molecule has 0 bridgehead atoms. The fraction of sp³-hybridized carbons (Fsp3) is 0.250. The van der Waals surface area contributed by atoms with Gasteiger partial charge in [0, 0.05) is 18.3 Å². The molecule has 2 heterocycles. The van der Waals surface area contributed by atoms with Crippen LogP contribution in [0.25, 0.3) is 0 Å². The standard InChI is InChI=1S/C12H15N5S/c1-7-4-9(12(13)14)6-10(15-7)18-11-5-8(2)16-17(11)3/h4-6H,1-3H3,(H3,13,14). The molecule has 2 aromatic rings. The summed E-state index contributed by atoms with van der Waals surface area (Å²) in [5.74, 6) is 0.0588. The van der Waals surface area contributed by atoms with E-state index in [2.05, 4.69) is 10.1 Å². The minimum absolute atomic E-state index is 0.0588. The number of aryl methyl sites for hydroxylation is 3. The smallest absolute Gasteiger partial charge is 0.122 e. The van der Waals surface area contributed by atoms with Crippen molar-refractivity contribution >= 4 is 17.6 Å². The molecule has 5 nitrogen and oxygen atoms in total. The fourth-order valence-corrected chi connectivity index (χ4v) is 2.63. The van der Waals surface area contributed by atoms with E-state index in [0.29, 0.717) is 5.56 Å². The molecular weight excluding hydrogens is 246 g/mol. The highest BCUT2D eigenvalue weighted by atomic mass is 32.2. The molecule has 0 unspecified atom stereocenters. The van der Waals surface area contributed by atoms with Crippen molar-refractivity contribution in [1.82, 2.24) is 14.8 Å². The number of pyridine rings is 1. The molecule has 0 aliphatic carbocycles. The molecule has 0 amide bonds. The van der Waals surface area contributed by atoms with Crippen LogP contribution in [0.5, 0.6) is 0 Å². The summed E-state index contributed by atoms with van der Waals surface area (Å²) in [5, 5.41) is 13.6. The number of hydrogen-bond donors (Lipinski definition) is 2. The van der Waals surface area contributed by atoms with E-state index in [1.54, 1.807) is 6.07 Å². The third-order valence-corrected chi connectivity index (χ3v) is 3.42. The number of amidine groups is 1. The maximum atomic E-state index is 7.48. The summed E-state index contributed by atoms with van der Waals surface area (Å²) in [6, 6.07) is 5.63. The second-order valence-corrected chi connectivity index (χ2v) is 5.14. The van der Waals surface area contributed by atoms with Gasteiger partial charge in [-0.05, 0) is 32.0 Å². The molecule has 0 aliphatic heterocycles. The number of nitrogen functional groups attached to an aromatic ring is 1. The van der Waals surface area contributed by atoms with Gasteiger partial charge in [0.25, 0.3) is 0 Å². The average Bonchev–Trinajstić information content (AvgIpc) is 2.56. The summed E-state index contributed by atoms with van der Waals surface area (Å²) in [7, 11) is 1.90. The molecule has 0 aliphatic rings. The lowest BCUT2D eigenvalue weighted by atomic mass is 10.2. The Kier molecular flexibility index (Phi) is 3.38. The van der Waals surface area contributed by atoms with Crippen LogP contribution >= 0.6 is 11.8 Å². The summed E-state index contributed by atoms with van der Waals surface area (Å²) in [5.41, 5.74) is 8.03. The van der Waals surface area contributed by atoms with Crippen molar-refractivity contribution in [2.75, 3.05) is 0 Å². The normalized spacial score (nSPS) is 10.6. The third kappa shape index (κ3) is 2.70. The van der Waals surface area contributed by atoms with Crippen LogP contribution in [0.2, 0.25) is 0 Å². The zero-order valence-corrected chi connectivity index (χ0v) is 11.4. The second kappa shape index (κ2) is 4.81. The van der Waals surface area contributed by atoms with Gasteiger partial charge in [-0.25, -0.2) is 4.98 Å². The van der Waals surface area contributed by atoms with Gasteiger partial charge in [-0.15, -0.1) is 0 Å². The van der Waals surface area contributed by atoms with E-state index in [0.717, 1.165) is 21.4 Å². The predicted octanol–water partition coefficient (Wildman–Crippen LogP) is 1.87. The minimum Gasteiger partial charge on any atom is -0.384 e. The topological polar surface area (TPSA) is 80.6 Å². The van der Waals surface area contributed by atoms with Crippen LogP contribution in [0, 0.1) is 19.3 Å².